The monoisotopic (exact) mass is 240 g/mol. The minimum atomic E-state index is -0.585. The Morgan fingerprint density at radius 1 is 1.18 bits per heavy atom. The average Bonchev–Trinajstić information content (AvgIpc) is 2.79. The van der Waals surface area contributed by atoms with Crippen LogP contribution < -0.4 is 11.2 Å². The lowest BCUT2D eigenvalue weighted by molar-refractivity contribution is 0.262. The third kappa shape index (κ3) is 1.77. The number of imidazole rings is 1. The fourth-order valence-corrected chi connectivity index (χ4v) is 1.71. The highest BCUT2D eigenvalue weighted by atomic mass is 16.3. The molecule has 0 spiro atoms. The highest BCUT2D eigenvalue weighted by Gasteiger charge is 2.14. The van der Waals surface area contributed by atoms with Crippen molar-refractivity contribution in [2.75, 3.05) is 13.2 Å². The lowest BCUT2D eigenvalue weighted by Gasteiger charge is -2.08. The first kappa shape index (κ1) is 11.6. The summed E-state index contributed by atoms with van der Waals surface area (Å²) in [6.45, 7) is -0.586. The van der Waals surface area contributed by atoms with Crippen LogP contribution in [0.25, 0.3) is 11.2 Å². The molecule has 2 heterocycles. The van der Waals surface area contributed by atoms with Crippen molar-refractivity contribution in [3.05, 3.63) is 27.2 Å². The zero-order chi connectivity index (χ0) is 12.4. The van der Waals surface area contributed by atoms with E-state index in [1.54, 1.807) is 0 Å². The van der Waals surface area contributed by atoms with Crippen molar-refractivity contribution in [1.82, 2.24) is 19.1 Å². The number of aliphatic hydroxyl groups excluding tert-OH is 2. The predicted molar refractivity (Wildman–Crippen MR) is 58.8 cm³/mol. The number of rotatable bonds is 4. The van der Waals surface area contributed by atoms with Crippen molar-refractivity contribution >= 4 is 11.2 Å². The second-order valence-electron chi connectivity index (χ2n) is 3.44. The van der Waals surface area contributed by atoms with Crippen LogP contribution in [0.4, 0.5) is 0 Å². The number of nitrogens with zero attached hydrogens (tertiary/aromatic N) is 3. The van der Waals surface area contributed by atoms with Crippen molar-refractivity contribution in [2.45, 2.75) is 13.1 Å². The van der Waals surface area contributed by atoms with Gasteiger partial charge in [-0.2, -0.15) is 0 Å². The highest BCUT2D eigenvalue weighted by molar-refractivity contribution is 5.68. The van der Waals surface area contributed by atoms with Crippen molar-refractivity contribution in [1.29, 1.82) is 0 Å². The lowest BCUT2D eigenvalue weighted by atomic mass is 10.4. The minimum absolute atomic E-state index is 0.0475. The van der Waals surface area contributed by atoms with Gasteiger partial charge in [0.15, 0.2) is 5.65 Å². The van der Waals surface area contributed by atoms with E-state index in [0.29, 0.717) is 0 Å². The second kappa shape index (κ2) is 4.52. The molecule has 0 saturated carbocycles. The molecule has 0 atom stereocenters. The van der Waals surface area contributed by atoms with Crippen LogP contribution in [0.5, 0.6) is 0 Å². The smallest absolute Gasteiger partial charge is 0.332 e. The van der Waals surface area contributed by atoms with Crippen LogP contribution in [0, 0.1) is 0 Å². The molecule has 8 heteroatoms. The maximum Gasteiger partial charge on any atom is 0.332 e. The second-order valence-corrected chi connectivity index (χ2v) is 3.44. The normalized spacial score (nSPS) is 11.2. The number of aliphatic hydroxyl groups is 2. The number of aromatic amines is 1. The summed E-state index contributed by atoms with van der Waals surface area (Å²) in [6, 6.07) is 0. The van der Waals surface area contributed by atoms with E-state index < -0.39 is 11.2 Å². The average molecular weight is 240 g/mol. The van der Waals surface area contributed by atoms with E-state index in [1.807, 2.05) is 0 Å². The molecular formula is C9H12N4O4. The van der Waals surface area contributed by atoms with Gasteiger partial charge in [0.2, 0.25) is 0 Å². The molecule has 2 aromatic heterocycles. The topological polar surface area (TPSA) is 113 Å². The Kier molecular flexibility index (Phi) is 3.07. The molecule has 0 unspecified atom stereocenters. The summed E-state index contributed by atoms with van der Waals surface area (Å²) in [4.78, 5) is 30.3. The SMILES string of the molecule is O=c1c2[nH]cnc2n(CCO)c(=O)n1CCO. The number of H-pyrrole nitrogens is 1. The van der Waals surface area contributed by atoms with Gasteiger partial charge >= 0.3 is 5.69 Å². The number of aromatic nitrogens is 4. The molecule has 2 rings (SSSR count). The molecule has 2 aromatic rings. The van der Waals surface area contributed by atoms with Crippen LogP contribution in [0.2, 0.25) is 0 Å². The maximum absolute atomic E-state index is 11.9. The van der Waals surface area contributed by atoms with Crippen molar-refractivity contribution in [2.24, 2.45) is 0 Å². The van der Waals surface area contributed by atoms with Crippen LogP contribution in [-0.2, 0) is 13.1 Å². The van der Waals surface area contributed by atoms with Crippen molar-refractivity contribution < 1.29 is 10.2 Å². The van der Waals surface area contributed by atoms with Crippen LogP contribution >= 0.6 is 0 Å². The van der Waals surface area contributed by atoms with E-state index >= 15 is 0 Å². The van der Waals surface area contributed by atoms with Crippen molar-refractivity contribution in [3.63, 3.8) is 0 Å². The molecule has 8 nitrogen and oxygen atoms in total. The molecule has 17 heavy (non-hydrogen) atoms. The Morgan fingerprint density at radius 2 is 1.82 bits per heavy atom. The van der Waals surface area contributed by atoms with Crippen LogP contribution in [0.1, 0.15) is 0 Å². The Morgan fingerprint density at radius 3 is 2.47 bits per heavy atom. The highest BCUT2D eigenvalue weighted by Crippen LogP contribution is 2.00. The number of hydrogen-bond donors (Lipinski definition) is 3. The third-order valence-corrected chi connectivity index (χ3v) is 2.44. The van der Waals surface area contributed by atoms with Gasteiger partial charge in [-0.25, -0.2) is 9.78 Å². The van der Waals surface area contributed by atoms with Crippen LogP contribution in [-0.4, -0.2) is 42.5 Å². The maximum atomic E-state index is 11.9. The van der Waals surface area contributed by atoms with E-state index in [0.717, 1.165) is 4.57 Å². The Bertz CT molecular complexity index is 638. The first-order valence-corrected chi connectivity index (χ1v) is 5.09. The first-order valence-electron chi connectivity index (χ1n) is 5.09. The van der Waals surface area contributed by atoms with Gasteiger partial charge in [0.1, 0.15) is 5.52 Å². The molecule has 0 bridgehead atoms. The summed E-state index contributed by atoms with van der Waals surface area (Å²) in [5.41, 5.74) is -0.710. The standard InChI is InChI=1S/C9H12N4O4/c14-3-1-12-7-6(10-5-11-7)8(16)13(2-4-15)9(12)17/h5,14-15H,1-4H2,(H,10,11). The minimum Gasteiger partial charge on any atom is -0.395 e. The summed E-state index contributed by atoms with van der Waals surface area (Å²) >= 11 is 0. The fourth-order valence-electron chi connectivity index (χ4n) is 1.71. The summed E-state index contributed by atoms with van der Waals surface area (Å²) in [7, 11) is 0. The first-order chi connectivity index (χ1) is 8.20. The van der Waals surface area contributed by atoms with E-state index in [-0.39, 0.29) is 37.5 Å². The van der Waals surface area contributed by atoms with E-state index in [1.165, 1.54) is 10.9 Å². The molecular weight excluding hydrogens is 228 g/mol. The van der Waals surface area contributed by atoms with Gasteiger partial charge in [0.05, 0.1) is 32.6 Å². The van der Waals surface area contributed by atoms with Gasteiger partial charge in [0, 0.05) is 0 Å². The molecule has 0 fully saturated rings. The molecule has 0 aliphatic rings. The Hall–Kier alpha value is -1.93. The van der Waals surface area contributed by atoms with Gasteiger partial charge in [-0.05, 0) is 0 Å². The number of hydrogen-bond acceptors (Lipinski definition) is 5. The zero-order valence-electron chi connectivity index (χ0n) is 8.96. The van der Waals surface area contributed by atoms with Crippen LogP contribution in [0.3, 0.4) is 0 Å². The van der Waals surface area contributed by atoms with Gasteiger partial charge in [-0.15, -0.1) is 0 Å². The quantitative estimate of drug-likeness (QED) is 0.565. The molecule has 0 amide bonds. The summed E-state index contributed by atoms with van der Waals surface area (Å²) in [6.07, 6.45) is 1.31. The van der Waals surface area contributed by atoms with E-state index in [2.05, 4.69) is 9.97 Å². The van der Waals surface area contributed by atoms with Crippen molar-refractivity contribution in [3.8, 4) is 0 Å². The van der Waals surface area contributed by atoms with Gasteiger partial charge in [-0.3, -0.25) is 13.9 Å². The predicted octanol–water partition coefficient (Wildman–Crippen LogP) is -2.13. The summed E-state index contributed by atoms with van der Waals surface area (Å²) < 4.78 is 2.11. The van der Waals surface area contributed by atoms with E-state index in [4.69, 9.17) is 10.2 Å². The van der Waals surface area contributed by atoms with E-state index in [9.17, 15) is 9.59 Å². The largest absolute Gasteiger partial charge is 0.395 e. The lowest BCUT2D eigenvalue weighted by Crippen LogP contribution is -2.41. The molecule has 0 aromatic carbocycles. The Labute approximate surface area is 94.8 Å². The molecule has 0 saturated heterocycles. The molecule has 0 aliphatic heterocycles. The summed E-state index contributed by atoms with van der Waals surface area (Å²) in [5, 5.41) is 17.7. The number of nitrogens with one attached hydrogen (secondary N) is 1. The molecule has 0 aliphatic carbocycles. The van der Waals surface area contributed by atoms with Crippen LogP contribution in [0.15, 0.2) is 15.9 Å². The third-order valence-electron chi connectivity index (χ3n) is 2.44. The van der Waals surface area contributed by atoms with Gasteiger partial charge in [-0.1, -0.05) is 0 Å². The molecule has 92 valence electrons. The Balaban J connectivity index is 2.82. The van der Waals surface area contributed by atoms with Gasteiger partial charge in [0.25, 0.3) is 5.56 Å². The summed E-state index contributed by atoms with van der Waals surface area (Å²) in [5.74, 6) is 0. The van der Waals surface area contributed by atoms with Gasteiger partial charge < -0.3 is 15.2 Å². The fraction of sp³-hybridized carbons (Fsp3) is 0.444. The molecule has 0 radical (unpaired) electrons. The molecule has 3 N–H and O–H groups in total. The number of fused-ring (bicyclic) bond motifs is 1. The zero-order valence-corrected chi connectivity index (χ0v) is 8.96.